The predicted octanol–water partition coefficient (Wildman–Crippen LogP) is 3.10. The van der Waals surface area contributed by atoms with Crippen LogP contribution in [0.3, 0.4) is 0 Å². The number of nitrogens with zero attached hydrogens (tertiary/aromatic N) is 2. The first kappa shape index (κ1) is 18.7. The minimum Gasteiger partial charge on any atom is -0.336 e. The monoisotopic (exact) mass is 374 g/mol. The second-order valence-electron chi connectivity index (χ2n) is 6.13. The molecule has 0 N–H and O–H groups in total. The molecule has 0 radical (unpaired) electrons. The fraction of sp³-hybridized carbons (Fsp3) is 0.200. The number of amides is 2. The van der Waals surface area contributed by atoms with Gasteiger partial charge in [-0.25, -0.2) is 13.2 Å². The maximum atomic E-state index is 13.3. The van der Waals surface area contributed by atoms with Crippen molar-refractivity contribution in [2.75, 3.05) is 26.2 Å². The molecular formula is C20H17F3N2O2. The molecule has 1 aliphatic heterocycles. The Balaban J connectivity index is 1.56. The van der Waals surface area contributed by atoms with Gasteiger partial charge in [0.05, 0.1) is 0 Å². The van der Waals surface area contributed by atoms with Gasteiger partial charge in [0.2, 0.25) is 5.91 Å². The summed E-state index contributed by atoms with van der Waals surface area (Å²) in [4.78, 5) is 27.7. The fourth-order valence-electron chi connectivity index (χ4n) is 2.79. The van der Waals surface area contributed by atoms with Crippen molar-refractivity contribution in [2.24, 2.45) is 0 Å². The van der Waals surface area contributed by atoms with Gasteiger partial charge in [-0.2, -0.15) is 0 Å². The first-order valence-corrected chi connectivity index (χ1v) is 8.41. The molecular weight excluding hydrogens is 357 g/mol. The number of halogens is 3. The molecule has 1 aliphatic rings. The third-order valence-electron chi connectivity index (χ3n) is 4.33. The van der Waals surface area contributed by atoms with Gasteiger partial charge in [-0.3, -0.25) is 9.59 Å². The molecule has 2 aromatic carbocycles. The highest BCUT2D eigenvalue weighted by Gasteiger charge is 2.24. The van der Waals surface area contributed by atoms with E-state index in [0.717, 1.165) is 12.1 Å². The molecule has 0 spiro atoms. The van der Waals surface area contributed by atoms with Crippen molar-refractivity contribution in [3.05, 3.63) is 77.1 Å². The van der Waals surface area contributed by atoms with Crippen molar-refractivity contribution in [1.29, 1.82) is 0 Å². The molecule has 2 aromatic rings. The molecule has 0 bridgehead atoms. The van der Waals surface area contributed by atoms with E-state index in [0.29, 0.717) is 31.7 Å². The van der Waals surface area contributed by atoms with E-state index in [1.54, 1.807) is 23.1 Å². The highest BCUT2D eigenvalue weighted by atomic mass is 19.2. The van der Waals surface area contributed by atoms with Crippen LogP contribution in [0.5, 0.6) is 0 Å². The molecule has 0 saturated carbocycles. The van der Waals surface area contributed by atoms with Crippen LogP contribution in [0.4, 0.5) is 13.2 Å². The Labute approximate surface area is 154 Å². The first-order valence-electron chi connectivity index (χ1n) is 8.41. The minimum atomic E-state index is -1.07. The topological polar surface area (TPSA) is 40.6 Å². The smallest absolute Gasteiger partial charge is 0.254 e. The molecule has 7 heteroatoms. The number of hydrogen-bond donors (Lipinski definition) is 0. The second-order valence-corrected chi connectivity index (χ2v) is 6.13. The number of carbonyl (C=O) groups excluding carboxylic acids is 2. The summed E-state index contributed by atoms with van der Waals surface area (Å²) in [5.74, 6) is -3.03. The van der Waals surface area contributed by atoms with Crippen LogP contribution in [0.25, 0.3) is 6.08 Å². The molecule has 1 heterocycles. The third kappa shape index (κ3) is 4.55. The first-order chi connectivity index (χ1) is 12.9. The predicted molar refractivity (Wildman–Crippen MR) is 94.3 cm³/mol. The summed E-state index contributed by atoms with van der Waals surface area (Å²) in [6.07, 6.45) is 3.00. The van der Waals surface area contributed by atoms with E-state index in [4.69, 9.17) is 0 Å². The van der Waals surface area contributed by atoms with E-state index in [-0.39, 0.29) is 17.3 Å². The molecule has 2 amide bonds. The summed E-state index contributed by atoms with van der Waals surface area (Å²) in [5.41, 5.74) is 0.779. The lowest BCUT2D eigenvalue weighted by atomic mass is 10.1. The molecule has 3 rings (SSSR count). The Hall–Kier alpha value is -3.09. The van der Waals surface area contributed by atoms with Gasteiger partial charge in [-0.1, -0.05) is 12.1 Å². The van der Waals surface area contributed by atoms with E-state index < -0.39 is 17.5 Å². The molecule has 140 valence electrons. The molecule has 4 nitrogen and oxygen atoms in total. The zero-order valence-electron chi connectivity index (χ0n) is 14.4. The summed E-state index contributed by atoms with van der Waals surface area (Å²) in [6.45, 7) is 1.27. The second kappa shape index (κ2) is 8.07. The van der Waals surface area contributed by atoms with E-state index in [2.05, 4.69) is 0 Å². The summed E-state index contributed by atoms with van der Waals surface area (Å²) in [6, 6.07) is 8.79. The fourth-order valence-corrected chi connectivity index (χ4v) is 2.79. The van der Waals surface area contributed by atoms with Gasteiger partial charge in [0.25, 0.3) is 5.91 Å². The Morgan fingerprint density at radius 1 is 0.815 bits per heavy atom. The third-order valence-corrected chi connectivity index (χ3v) is 4.33. The van der Waals surface area contributed by atoms with E-state index >= 15 is 0 Å². The number of benzene rings is 2. The van der Waals surface area contributed by atoms with Gasteiger partial charge >= 0.3 is 0 Å². The van der Waals surface area contributed by atoms with Gasteiger partial charge in [0.1, 0.15) is 5.82 Å². The van der Waals surface area contributed by atoms with Crippen LogP contribution >= 0.6 is 0 Å². The van der Waals surface area contributed by atoms with E-state index in [1.165, 1.54) is 29.2 Å². The zero-order chi connectivity index (χ0) is 19.4. The molecule has 27 heavy (non-hydrogen) atoms. The largest absolute Gasteiger partial charge is 0.336 e. The Morgan fingerprint density at radius 2 is 1.44 bits per heavy atom. The lowest BCUT2D eigenvalue weighted by molar-refractivity contribution is -0.127. The van der Waals surface area contributed by atoms with Crippen LogP contribution < -0.4 is 0 Å². The van der Waals surface area contributed by atoms with Crippen LogP contribution in [0.2, 0.25) is 0 Å². The molecule has 0 aliphatic carbocycles. The SMILES string of the molecule is O=C(/C=C/c1ccc(F)cc1)N1CCN(C(=O)c2ccc(F)c(F)c2)CC1. The highest BCUT2D eigenvalue weighted by Crippen LogP contribution is 2.13. The van der Waals surface area contributed by atoms with Gasteiger partial charge in [-0.15, -0.1) is 0 Å². The lowest BCUT2D eigenvalue weighted by Gasteiger charge is -2.34. The highest BCUT2D eigenvalue weighted by molar-refractivity contribution is 5.95. The lowest BCUT2D eigenvalue weighted by Crippen LogP contribution is -2.50. The van der Waals surface area contributed by atoms with Gasteiger partial charge in [0.15, 0.2) is 11.6 Å². The van der Waals surface area contributed by atoms with Gasteiger partial charge in [0, 0.05) is 37.8 Å². The molecule has 0 unspecified atom stereocenters. The van der Waals surface area contributed by atoms with Crippen molar-refractivity contribution in [2.45, 2.75) is 0 Å². The number of hydrogen-bond acceptors (Lipinski definition) is 2. The molecule has 0 aromatic heterocycles. The standard InChI is InChI=1S/C20H17F3N2O2/c21-16-5-1-14(2-6-16)3-8-19(26)24-9-11-25(12-10-24)20(27)15-4-7-17(22)18(23)13-15/h1-8,13H,9-12H2/b8-3+. The van der Waals surface area contributed by atoms with E-state index in [1.807, 2.05) is 0 Å². The van der Waals surface area contributed by atoms with Crippen molar-refractivity contribution in [3.8, 4) is 0 Å². The average molecular weight is 374 g/mol. The van der Waals surface area contributed by atoms with Gasteiger partial charge < -0.3 is 9.80 Å². The summed E-state index contributed by atoms with van der Waals surface area (Å²) < 4.78 is 39.2. The van der Waals surface area contributed by atoms with Gasteiger partial charge in [-0.05, 0) is 42.0 Å². The Bertz CT molecular complexity index is 873. The molecule has 0 atom stereocenters. The zero-order valence-corrected chi connectivity index (χ0v) is 14.4. The van der Waals surface area contributed by atoms with Crippen LogP contribution in [0.1, 0.15) is 15.9 Å². The van der Waals surface area contributed by atoms with Crippen LogP contribution in [-0.4, -0.2) is 47.8 Å². The Morgan fingerprint density at radius 3 is 2.07 bits per heavy atom. The number of rotatable bonds is 3. The summed E-state index contributed by atoms with van der Waals surface area (Å²) in [7, 11) is 0. The van der Waals surface area contributed by atoms with Crippen molar-refractivity contribution < 1.29 is 22.8 Å². The normalized spacial score (nSPS) is 14.6. The van der Waals surface area contributed by atoms with Crippen LogP contribution in [-0.2, 0) is 4.79 Å². The maximum absolute atomic E-state index is 13.3. The van der Waals surface area contributed by atoms with Crippen molar-refractivity contribution in [3.63, 3.8) is 0 Å². The average Bonchev–Trinajstić information content (AvgIpc) is 2.69. The molecule has 1 fully saturated rings. The quantitative estimate of drug-likeness (QED) is 0.775. The minimum absolute atomic E-state index is 0.0740. The summed E-state index contributed by atoms with van der Waals surface area (Å²) >= 11 is 0. The maximum Gasteiger partial charge on any atom is 0.254 e. The number of piperazine rings is 1. The van der Waals surface area contributed by atoms with Crippen molar-refractivity contribution in [1.82, 2.24) is 9.80 Å². The summed E-state index contributed by atoms with van der Waals surface area (Å²) in [5, 5.41) is 0. The van der Waals surface area contributed by atoms with E-state index in [9.17, 15) is 22.8 Å². The Kier molecular flexibility index (Phi) is 5.59. The van der Waals surface area contributed by atoms with Crippen LogP contribution in [0, 0.1) is 17.5 Å². The van der Waals surface area contributed by atoms with Crippen molar-refractivity contribution >= 4 is 17.9 Å². The molecule has 1 saturated heterocycles. The van der Waals surface area contributed by atoms with Crippen LogP contribution in [0.15, 0.2) is 48.5 Å². The number of carbonyl (C=O) groups is 2.